The lowest BCUT2D eigenvalue weighted by molar-refractivity contribution is 0.322. The van der Waals surface area contributed by atoms with E-state index in [4.69, 9.17) is 4.52 Å². The van der Waals surface area contributed by atoms with E-state index in [9.17, 15) is 0 Å². The van der Waals surface area contributed by atoms with Crippen LogP contribution in [0.4, 0.5) is 5.82 Å². The first-order chi connectivity index (χ1) is 12.1. The molecule has 4 rings (SSSR count). The van der Waals surface area contributed by atoms with Crippen LogP contribution < -0.4 is 5.32 Å². The molecule has 1 atom stereocenters. The minimum atomic E-state index is 0.403. The summed E-state index contributed by atoms with van der Waals surface area (Å²) in [5.41, 5.74) is 4.12. The highest BCUT2D eigenvalue weighted by Crippen LogP contribution is 2.21. The van der Waals surface area contributed by atoms with Crippen molar-refractivity contribution in [3.63, 3.8) is 0 Å². The van der Waals surface area contributed by atoms with Gasteiger partial charge >= 0.3 is 0 Å². The van der Waals surface area contributed by atoms with Crippen molar-refractivity contribution in [2.75, 3.05) is 18.4 Å². The smallest absolute Gasteiger partial charge is 0.153 e. The Kier molecular flexibility index (Phi) is 4.17. The molecular weight excluding hydrogens is 316 g/mol. The van der Waals surface area contributed by atoms with Gasteiger partial charge in [0.05, 0.1) is 17.6 Å². The van der Waals surface area contributed by atoms with Crippen molar-refractivity contribution in [2.24, 2.45) is 0 Å². The molecule has 4 heterocycles. The predicted molar refractivity (Wildman–Crippen MR) is 95.6 cm³/mol. The molecule has 0 radical (unpaired) electrons. The molecule has 7 heteroatoms. The van der Waals surface area contributed by atoms with Gasteiger partial charge in [-0.3, -0.25) is 4.90 Å². The van der Waals surface area contributed by atoms with E-state index in [-0.39, 0.29) is 0 Å². The molecule has 1 saturated heterocycles. The fourth-order valence-electron chi connectivity index (χ4n) is 3.52. The van der Waals surface area contributed by atoms with Gasteiger partial charge in [-0.25, -0.2) is 9.50 Å². The van der Waals surface area contributed by atoms with Crippen LogP contribution in [0.2, 0.25) is 0 Å². The first kappa shape index (κ1) is 16.1. The van der Waals surface area contributed by atoms with Crippen molar-refractivity contribution in [3.05, 3.63) is 41.0 Å². The van der Waals surface area contributed by atoms with E-state index in [1.54, 1.807) is 0 Å². The fraction of sp³-hybridized carbons (Fsp3) is 0.500. The third-order valence-corrected chi connectivity index (χ3v) is 4.83. The van der Waals surface area contributed by atoms with Crippen LogP contribution in [0.15, 0.2) is 22.9 Å². The van der Waals surface area contributed by atoms with Gasteiger partial charge in [-0.1, -0.05) is 12.1 Å². The molecule has 0 saturated carbocycles. The van der Waals surface area contributed by atoms with Crippen molar-refractivity contribution < 1.29 is 4.52 Å². The third-order valence-electron chi connectivity index (χ3n) is 4.83. The number of nitrogens with zero attached hydrogens (tertiary/aromatic N) is 5. The summed E-state index contributed by atoms with van der Waals surface area (Å²) in [6.45, 7) is 9.08. The maximum atomic E-state index is 5.41. The second kappa shape index (κ2) is 6.48. The van der Waals surface area contributed by atoms with Gasteiger partial charge in [0.1, 0.15) is 11.6 Å². The maximum Gasteiger partial charge on any atom is 0.153 e. The van der Waals surface area contributed by atoms with E-state index in [2.05, 4.69) is 32.4 Å². The van der Waals surface area contributed by atoms with Crippen LogP contribution in [0.3, 0.4) is 0 Å². The normalized spacial score (nSPS) is 18.3. The molecule has 1 aliphatic heterocycles. The summed E-state index contributed by atoms with van der Waals surface area (Å²) in [6.07, 6.45) is 3.94. The van der Waals surface area contributed by atoms with Gasteiger partial charge in [0, 0.05) is 37.7 Å². The first-order valence-corrected chi connectivity index (χ1v) is 8.88. The molecule has 0 aromatic carbocycles. The van der Waals surface area contributed by atoms with Gasteiger partial charge in [-0.15, -0.1) is 5.10 Å². The van der Waals surface area contributed by atoms with Crippen molar-refractivity contribution in [3.8, 4) is 0 Å². The molecule has 1 aliphatic rings. The molecule has 3 aromatic rings. The number of rotatable bonds is 5. The van der Waals surface area contributed by atoms with E-state index in [1.165, 1.54) is 5.56 Å². The number of aromatic nitrogens is 4. The minimum absolute atomic E-state index is 0.403. The van der Waals surface area contributed by atoms with Crippen LogP contribution in [-0.4, -0.2) is 43.8 Å². The Labute approximate surface area is 147 Å². The molecule has 0 bridgehead atoms. The molecular formula is C18H24N6O. The number of aryl methyl sites for hydroxylation is 3. The van der Waals surface area contributed by atoms with Crippen LogP contribution in [0.1, 0.15) is 36.1 Å². The highest BCUT2D eigenvalue weighted by Gasteiger charge is 2.25. The maximum absolute atomic E-state index is 5.41. The summed E-state index contributed by atoms with van der Waals surface area (Å²) in [5, 5.41) is 12.3. The van der Waals surface area contributed by atoms with Crippen LogP contribution in [0, 0.1) is 13.8 Å². The minimum Gasteiger partial charge on any atom is -0.365 e. The molecule has 132 valence electrons. The third kappa shape index (κ3) is 3.24. The number of fused-ring (bicyclic) bond motifs is 1. The zero-order valence-electron chi connectivity index (χ0n) is 15.0. The largest absolute Gasteiger partial charge is 0.365 e. The number of anilines is 1. The summed E-state index contributed by atoms with van der Waals surface area (Å²) >= 11 is 0. The van der Waals surface area contributed by atoms with Crippen molar-refractivity contribution in [1.29, 1.82) is 0 Å². The van der Waals surface area contributed by atoms with Crippen molar-refractivity contribution in [1.82, 2.24) is 24.7 Å². The number of nitrogens with one attached hydrogen (secondary N) is 1. The topological polar surface area (TPSA) is 71.5 Å². The zero-order valence-corrected chi connectivity index (χ0v) is 15.0. The van der Waals surface area contributed by atoms with Gasteiger partial charge in [0.25, 0.3) is 0 Å². The first-order valence-electron chi connectivity index (χ1n) is 8.88. The molecule has 3 aromatic heterocycles. The lowest BCUT2D eigenvalue weighted by Gasteiger charge is -2.17. The van der Waals surface area contributed by atoms with E-state index in [1.807, 2.05) is 36.7 Å². The van der Waals surface area contributed by atoms with E-state index >= 15 is 0 Å². The van der Waals surface area contributed by atoms with Gasteiger partial charge in [-0.05, 0) is 32.4 Å². The molecule has 1 unspecified atom stereocenters. The Bertz CT molecular complexity index is 883. The Hall–Kier alpha value is -2.41. The van der Waals surface area contributed by atoms with Gasteiger partial charge in [-0.2, -0.15) is 0 Å². The quantitative estimate of drug-likeness (QED) is 0.770. The zero-order chi connectivity index (χ0) is 17.4. The SMILES string of the molecule is CCc1onc(C)c1CN1CCC(Nc2ccc3nc(C)cn3n2)C1. The Morgan fingerprint density at radius 1 is 1.32 bits per heavy atom. The van der Waals surface area contributed by atoms with Gasteiger partial charge < -0.3 is 9.84 Å². The number of imidazole rings is 1. The molecule has 1 fully saturated rings. The molecule has 0 aliphatic carbocycles. The molecule has 1 N–H and O–H groups in total. The van der Waals surface area contributed by atoms with Crippen molar-refractivity contribution >= 4 is 11.5 Å². The van der Waals surface area contributed by atoms with E-state index in [0.29, 0.717) is 6.04 Å². The standard InChI is InChI=1S/C18H24N6O/c1-4-16-15(13(3)22-25-16)11-23-8-7-14(10-23)20-17-5-6-18-19-12(2)9-24(18)21-17/h5-6,9,14H,4,7-8,10-11H2,1-3H3,(H,20,21). The average Bonchev–Trinajstić information content (AvgIpc) is 3.27. The van der Waals surface area contributed by atoms with E-state index < -0.39 is 0 Å². The second-order valence-corrected chi connectivity index (χ2v) is 6.79. The predicted octanol–water partition coefficient (Wildman–Crippen LogP) is 2.58. The summed E-state index contributed by atoms with van der Waals surface area (Å²) in [6, 6.07) is 4.41. The fourth-order valence-corrected chi connectivity index (χ4v) is 3.52. The summed E-state index contributed by atoms with van der Waals surface area (Å²) in [5.74, 6) is 1.91. The number of likely N-dealkylation sites (tertiary alicyclic amines) is 1. The Morgan fingerprint density at radius 3 is 3.04 bits per heavy atom. The van der Waals surface area contributed by atoms with Crippen LogP contribution >= 0.6 is 0 Å². The van der Waals surface area contributed by atoms with Crippen LogP contribution in [-0.2, 0) is 13.0 Å². The van der Waals surface area contributed by atoms with Crippen molar-refractivity contribution in [2.45, 2.75) is 46.2 Å². The molecule has 25 heavy (non-hydrogen) atoms. The highest BCUT2D eigenvalue weighted by molar-refractivity contribution is 5.45. The van der Waals surface area contributed by atoms with Gasteiger partial charge in [0.2, 0.25) is 0 Å². The summed E-state index contributed by atoms with van der Waals surface area (Å²) < 4.78 is 7.24. The molecule has 7 nitrogen and oxygen atoms in total. The van der Waals surface area contributed by atoms with Gasteiger partial charge in [0.15, 0.2) is 5.65 Å². The number of hydrogen-bond donors (Lipinski definition) is 1. The second-order valence-electron chi connectivity index (χ2n) is 6.79. The molecule has 0 spiro atoms. The average molecular weight is 340 g/mol. The van der Waals surface area contributed by atoms with Crippen LogP contribution in [0.25, 0.3) is 5.65 Å². The summed E-state index contributed by atoms with van der Waals surface area (Å²) in [4.78, 5) is 6.87. The Balaban J connectivity index is 1.40. The lowest BCUT2D eigenvalue weighted by atomic mass is 10.1. The number of hydrogen-bond acceptors (Lipinski definition) is 6. The highest BCUT2D eigenvalue weighted by atomic mass is 16.5. The van der Waals surface area contributed by atoms with E-state index in [0.717, 1.165) is 61.1 Å². The van der Waals surface area contributed by atoms with Crippen LogP contribution in [0.5, 0.6) is 0 Å². The lowest BCUT2D eigenvalue weighted by Crippen LogP contribution is -2.26. The Morgan fingerprint density at radius 2 is 2.20 bits per heavy atom. The monoisotopic (exact) mass is 340 g/mol. The molecule has 0 amide bonds. The summed E-state index contributed by atoms with van der Waals surface area (Å²) in [7, 11) is 0.